The summed E-state index contributed by atoms with van der Waals surface area (Å²) in [5.41, 5.74) is 2.81. The number of rotatable bonds is 1. The number of aromatic nitrogens is 1. The fourth-order valence-corrected chi connectivity index (χ4v) is 1.62. The Bertz CT molecular complexity index is 276. The molecule has 0 atom stereocenters. The number of carbonyl (C=O) groups excluding carboxylic acids is 1. The van der Waals surface area contributed by atoms with Crippen LogP contribution in [0.5, 0.6) is 0 Å². The van der Waals surface area contributed by atoms with E-state index in [1.165, 1.54) is 0 Å². The minimum atomic E-state index is 0.791. The van der Waals surface area contributed by atoms with Gasteiger partial charge in [-0.05, 0) is 35.3 Å². The predicted octanol–water partition coefficient (Wildman–Crippen LogP) is 2.22. The summed E-state index contributed by atoms with van der Waals surface area (Å²) >= 11 is 3.40. The van der Waals surface area contributed by atoms with Crippen molar-refractivity contribution < 1.29 is 4.79 Å². The van der Waals surface area contributed by atoms with E-state index in [9.17, 15) is 4.79 Å². The number of carbonyl (C=O) groups is 1. The molecule has 0 saturated heterocycles. The van der Waals surface area contributed by atoms with Crippen molar-refractivity contribution in [1.82, 2.24) is 4.57 Å². The molecule has 1 aromatic rings. The zero-order valence-corrected chi connectivity index (χ0v) is 8.40. The molecule has 0 amide bonds. The van der Waals surface area contributed by atoms with Crippen LogP contribution >= 0.6 is 15.9 Å². The van der Waals surface area contributed by atoms with Gasteiger partial charge in [-0.3, -0.25) is 4.79 Å². The minimum absolute atomic E-state index is 0.791. The molecular weight excluding hydrogens is 206 g/mol. The summed E-state index contributed by atoms with van der Waals surface area (Å²) in [4.78, 5) is 10.6. The minimum Gasteiger partial charge on any atom is -0.342 e. The molecule has 0 aliphatic rings. The van der Waals surface area contributed by atoms with E-state index < -0.39 is 0 Å². The van der Waals surface area contributed by atoms with Crippen molar-refractivity contribution in [2.75, 3.05) is 0 Å². The Balaban J connectivity index is 3.47. The predicted molar refractivity (Wildman–Crippen MR) is 48.0 cm³/mol. The van der Waals surface area contributed by atoms with E-state index >= 15 is 0 Å². The topological polar surface area (TPSA) is 22.0 Å². The smallest absolute Gasteiger partial charge is 0.152 e. The highest BCUT2D eigenvalue weighted by Gasteiger charge is 2.11. The highest BCUT2D eigenvalue weighted by Crippen LogP contribution is 2.23. The quantitative estimate of drug-likeness (QED) is 0.659. The van der Waals surface area contributed by atoms with Crippen LogP contribution in [-0.4, -0.2) is 10.9 Å². The lowest BCUT2D eigenvalue weighted by Gasteiger charge is -1.96. The molecule has 0 radical (unpaired) electrons. The zero-order valence-electron chi connectivity index (χ0n) is 6.81. The van der Waals surface area contributed by atoms with Crippen LogP contribution in [0.15, 0.2) is 4.60 Å². The van der Waals surface area contributed by atoms with Gasteiger partial charge in [0.15, 0.2) is 6.29 Å². The van der Waals surface area contributed by atoms with Crippen molar-refractivity contribution in [1.29, 1.82) is 0 Å². The van der Waals surface area contributed by atoms with Crippen molar-refractivity contribution in [2.24, 2.45) is 7.05 Å². The Labute approximate surface area is 74.3 Å². The lowest BCUT2D eigenvalue weighted by atomic mass is 10.2. The second-order valence-electron chi connectivity index (χ2n) is 2.59. The molecular formula is C8H10BrNO. The molecule has 11 heavy (non-hydrogen) atoms. The van der Waals surface area contributed by atoms with Crippen LogP contribution in [0, 0.1) is 13.8 Å². The third-order valence-corrected chi connectivity index (χ3v) is 3.15. The zero-order chi connectivity index (χ0) is 8.59. The van der Waals surface area contributed by atoms with Crippen molar-refractivity contribution in [3.8, 4) is 0 Å². The van der Waals surface area contributed by atoms with Crippen molar-refractivity contribution >= 4 is 22.2 Å². The standard InChI is InChI=1S/C8H10BrNO/c1-5-7(4-11)6(2)10(3)8(5)9/h4H,1-3H3. The van der Waals surface area contributed by atoms with Gasteiger partial charge in [0, 0.05) is 18.3 Å². The first-order valence-corrected chi connectivity index (χ1v) is 4.15. The van der Waals surface area contributed by atoms with Crippen LogP contribution in [0.2, 0.25) is 0 Å². The molecule has 0 aliphatic heterocycles. The molecule has 60 valence electrons. The van der Waals surface area contributed by atoms with Crippen LogP contribution in [-0.2, 0) is 7.05 Å². The van der Waals surface area contributed by atoms with Gasteiger partial charge in [0.1, 0.15) is 0 Å². The van der Waals surface area contributed by atoms with Gasteiger partial charge in [-0.1, -0.05) is 0 Å². The van der Waals surface area contributed by atoms with Crippen LogP contribution in [0.25, 0.3) is 0 Å². The average molecular weight is 216 g/mol. The molecule has 0 bridgehead atoms. The number of hydrogen-bond acceptors (Lipinski definition) is 1. The van der Waals surface area contributed by atoms with E-state index in [-0.39, 0.29) is 0 Å². The van der Waals surface area contributed by atoms with Gasteiger partial charge in [-0.15, -0.1) is 0 Å². The maximum Gasteiger partial charge on any atom is 0.152 e. The maximum atomic E-state index is 10.6. The first-order valence-electron chi connectivity index (χ1n) is 3.36. The Kier molecular flexibility index (Phi) is 2.18. The molecule has 0 spiro atoms. The van der Waals surface area contributed by atoms with Crippen molar-refractivity contribution in [2.45, 2.75) is 13.8 Å². The average Bonchev–Trinajstić information content (AvgIpc) is 2.17. The normalized spacial score (nSPS) is 10.2. The summed E-state index contributed by atoms with van der Waals surface area (Å²) < 4.78 is 2.94. The highest BCUT2D eigenvalue weighted by molar-refractivity contribution is 9.10. The van der Waals surface area contributed by atoms with E-state index in [2.05, 4.69) is 15.9 Å². The van der Waals surface area contributed by atoms with Gasteiger partial charge >= 0.3 is 0 Å². The molecule has 0 fully saturated rings. The summed E-state index contributed by atoms with van der Waals surface area (Å²) in [7, 11) is 1.93. The van der Waals surface area contributed by atoms with E-state index in [0.29, 0.717) is 0 Å². The third kappa shape index (κ3) is 1.13. The third-order valence-electron chi connectivity index (χ3n) is 2.02. The van der Waals surface area contributed by atoms with Crippen molar-refractivity contribution in [3.63, 3.8) is 0 Å². The lowest BCUT2D eigenvalue weighted by Crippen LogP contribution is -1.91. The summed E-state index contributed by atoms with van der Waals surface area (Å²) in [6, 6.07) is 0. The first-order chi connectivity index (χ1) is 5.09. The maximum absolute atomic E-state index is 10.6. The largest absolute Gasteiger partial charge is 0.342 e. The van der Waals surface area contributed by atoms with E-state index in [1.807, 2.05) is 25.5 Å². The molecule has 0 saturated carbocycles. The Morgan fingerprint density at radius 3 is 2.18 bits per heavy atom. The molecule has 3 heteroatoms. The second-order valence-corrected chi connectivity index (χ2v) is 3.34. The van der Waals surface area contributed by atoms with Crippen molar-refractivity contribution in [3.05, 3.63) is 21.4 Å². The lowest BCUT2D eigenvalue weighted by molar-refractivity contribution is 0.112. The molecule has 0 aliphatic carbocycles. The van der Waals surface area contributed by atoms with Crippen LogP contribution in [0.1, 0.15) is 21.6 Å². The monoisotopic (exact) mass is 215 g/mol. The molecule has 1 rings (SSSR count). The Morgan fingerprint density at radius 2 is 2.00 bits per heavy atom. The van der Waals surface area contributed by atoms with Crippen LogP contribution in [0.4, 0.5) is 0 Å². The molecule has 1 heterocycles. The molecule has 1 aromatic heterocycles. The molecule has 0 N–H and O–H groups in total. The van der Waals surface area contributed by atoms with E-state index in [1.54, 1.807) is 0 Å². The van der Waals surface area contributed by atoms with Gasteiger partial charge in [-0.2, -0.15) is 0 Å². The SMILES string of the molecule is Cc1c(C=O)c(C)n(C)c1Br. The molecule has 0 unspecified atom stereocenters. The number of aldehydes is 1. The summed E-state index contributed by atoms with van der Waals surface area (Å²) in [6.07, 6.45) is 0.898. The first kappa shape index (κ1) is 8.53. The van der Waals surface area contributed by atoms with Gasteiger partial charge < -0.3 is 4.57 Å². The molecule has 0 aromatic carbocycles. The number of hydrogen-bond donors (Lipinski definition) is 0. The van der Waals surface area contributed by atoms with E-state index in [4.69, 9.17) is 0 Å². The van der Waals surface area contributed by atoms with Crippen LogP contribution < -0.4 is 0 Å². The second kappa shape index (κ2) is 2.81. The summed E-state index contributed by atoms with van der Waals surface area (Å²) in [5, 5.41) is 0. The number of halogens is 1. The fraction of sp³-hybridized carbons (Fsp3) is 0.375. The molecule has 2 nitrogen and oxygen atoms in total. The summed E-state index contributed by atoms with van der Waals surface area (Å²) in [6.45, 7) is 3.86. The number of nitrogens with zero attached hydrogens (tertiary/aromatic N) is 1. The van der Waals surface area contributed by atoms with Crippen LogP contribution in [0.3, 0.4) is 0 Å². The highest BCUT2D eigenvalue weighted by atomic mass is 79.9. The van der Waals surface area contributed by atoms with Gasteiger partial charge in [0.2, 0.25) is 0 Å². The Hall–Kier alpha value is -0.570. The van der Waals surface area contributed by atoms with Gasteiger partial charge in [0.25, 0.3) is 0 Å². The van der Waals surface area contributed by atoms with E-state index in [0.717, 1.165) is 27.7 Å². The van der Waals surface area contributed by atoms with Gasteiger partial charge in [0.05, 0.1) is 4.60 Å². The Morgan fingerprint density at radius 1 is 1.45 bits per heavy atom. The summed E-state index contributed by atoms with van der Waals surface area (Å²) in [5.74, 6) is 0. The fourth-order valence-electron chi connectivity index (χ4n) is 1.14. The van der Waals surface area contributed by atoms with Gasteiger partial charge in [-0.25, -0.2) is 0 Å².